The number of aliphatic hydroxyl groups is 1. The quantitative estimate of drug-likeness (QED) is 0.735. The third-order valence-corrected chi connectivity index (χ3v) is 1.97. The Hall–Kier alpha value is -0.800. The molecule has 0 spiro atoms. The van der Waals surface area contributed by atoms with Crippen molar-refractivity contribution in [3.8, 4) is 0 Å². The first-order valence-corrected chi connectivity index (χ1v) is 4.42. The number of furan rings is 1. The zero-order valence-electron chi connectivity index (χ0n) is 8.37. The smallest absolute Gasteiger partial charge is 0.133 e. The highest BCUT2D eigenvalue weighted by Crippen LogP contribution is 2.33. The van der Waals surface area contributed by atoms with Crippen LogP contribution >= 0.6 is 0 Å². The molecular weight excluding hydrogens is 166 g/mol. The Kier molecular flexibility index (Phi) is 2.78. The standard InChI is InChI=1S/C10H17NO2/c1-10(2,3)9(12)8-5-4-7(6-11)13-8/h4-5,9,12H,6,11H2,1-3H3. The van der Waals surface area contributed by atoms with Crippen molar-refractivity contribution < 1.29 is 9.52 Å². The second-order valence-electron chi connectivity index (χ2n) is 4.28. The fourth-order valence-corrected chi connectivity index (χ4v) is 1.08. The Morgan fingerprint density at radius 2 is 2.08 bits per heavy atom. The van der Waals surface area contributed by atoms with E-state index < -0.39 is 6.10 Å². The molecule has 1 heterocycles. The molecule has 0 aliphatic carbocycles. The van der Waals surface area contributed by atoms with Crippen LogP contribution in [0, 0.1) is 5.41 Å². The fraction of sp³-hybridized carbons (Fsp3) is 0.600. The molecule has 0 bridgehead atoms. The van der Waals surface area contributed by atoms with Gasteiger partial charge in [0.25, 0.3) is 0 Å². The summed E-state index contributed by atoms with van der Waals surface area (Å²) < 4.78 is 5.35. The van der Waals surface area contributed by atoms with Crippen LogP contribution in [0.5, 0.6) is 0 Å². The van der Waals surface area contributed by atoms with Crippen molar-refractivity contribution in [2.24, 2.45) is 11.1 Å². The van der Waals surface area contributed by atoms with Gasteiger partial charge in [0, 0.05) is 0 Å². The maximum absolute atomic E-state index is 9.83. The van der Waals surface area contributed by atoms with Crippen LogP contribution in [0.3, 0.4) is 0 Å². The third kappa shape index (κ3) is 2.32. The molecule has 74 valence electrons. The molecule has 3 nitrogen and oxygen atoms in total. The van der Waals surface area contributed by atoms with Gasteiger partial charge in [-0.15, -0.1) is 0 Å². The molecule has 1 aromatic rings. The van der Waals surface area contributed by atoms with Gasteiger partial charge in [-0.2, -0.15) is 0 Å². The zero-order valence-corrected chi connectivity index (χ0v) is 8.37. The van der Waals surface area contributed by atoms with Crippen molar-refractivity contribution in [3.05, 3.63) is 23.7 Å². The van der Waals surface area contributed by atoms with Gasteiger partial charge in [-0.05, 0) is 17.5 Å². The molecule has 1 atom stereocenters. The summed E-state index contributed by atoms with van der Waals surface area (Å²) >= 11 is 0. The molecule has 13 heavy (non-hydrogen) atoms. The van der Waals surface area contributed by atoms with Crippen LogP contribution in [-0.4, -0.2) is 5.11 Å². The minimum atomic E-state index is -0.576. The maximum atomic E-state index is 9.83. The molecule has 3 N–H and O–H groups in total. The average Bonchev–Trinajstić information content (AvgIpc) is 2.48. The van der Waals surface area contributed by atoms with Crippen molar-refractivity contribution in [2.75, 3.05) is 0 Å². The van der Waals surface area contributed by atoms with Crippen LogP contribution in [0.1, 0.15) is 38.4 Å². The van der Waals surface area contributed by atoms with Gasteiger partial charge in [-0.1, -0.05) is 20.8 Å². The molecule has 0 aromatic carbocycles. The summed E-state index contributed by atoms with van der Waals surface area (Å²) in [5, 5.41) is 9.83. The molecular formula is C10H17NO2. The van der Waals surface area contributed by atoms with Crippen LogP contribution in [0.15, 0.2) is 16.5 Å². The van der Waals surface area contributed by atoms with Gasteiger partial charge in [0.1, 0.15) is 17.6 Å². The second kappa shape index (κ2) is 3.52. The van der Waals surface area contributed by atoms with Crippen molar-refractivity contribution in [2.45, 2.75) is 33.4 Å². The highest BCUT2D eigenvalue weighted by atomic mass is 16.4. The van der Waals surface area contributed by atoms with Crippen LogP contribution in [0.4, 0.5) is 0 Å². The molecule has 0 amide bonds. The minimum Gasteiger partial charge on any atom is -0.462 e. The Bertz CT molecular complexity index is 273. The Morgan fingerprint density at radius 1 is 1.46 bits per heavy atom. The first kappa shape index (κ1) is 10.3. The van der Waals surface area contributed by atoms with E-state index in [2.05, 4.69) is 0 Å². The van der Waals surface area contributed by atoms with E-state index in [1.54, 1.807) is 12.1 Å². The number of rotatable bonds is 2. The van der Waals surface area contributed by atoms with Crippen molar-refractivity contribution in [1.82, 2.24) is 0 Å². The molecule has 0 aliphatic heterocycles. The van der Waals surface area contributed by atoms with E-state index in [0.717, 1.165) is 0 Å². The van der Waals surface area contributed by atoms with Gasteiger partial charge in [0.15, 0.2) is 0 Å². The molecule has 0 fully saturated rings. The second-order valence-corrected chi connectivity index (χ2v) is 4.28. The SMILES string of the molecule is CC(C)(C)C(O)c1ccc(CN)o1. The first-order valence-electron chi connectivity index (χ1n) is 4.42. The fourth-order valence-electron chi connectivity index (χ4n) is 1.08. The lowest BCUT2D eigenvalue weighted by Gasteiger charge is -2.23. The van der Waals surface area contributed by atoms with Gasteiger partial charge in [0.05, 0.1) is 6.54 Å². The molecule has 0 saturated heterocycles. The van der Waals surface area contributed by atoms with E-state index in [4.69, 9.17) is 10.2 Å². The van der Waals surface area contributed by atoms with Crippen molar-refractivity contribution >= 4 is 0 Å². The summed E-state index contributed by atoms with van der Waals surface area (Å²) in [5.41, 5.74) is 5.19. The highest BCUT2D eigenvalue weighted by molar-refractivity contribution is 5.10. The summed E-state index contributed by atoms with van der Waals surface area (Å²) in [6, 6.07) is 3.57. The summed E-state index contributed by atoms with van der Waals surface area (Å²) in [5.74, 6) is 1.30. The Labute approximate surface area is 78.5 Å². The molecule has 0 saturated carbocycles. The lowest BCUT2D eigenvalue weighted by molar-refractivity contribution is 0.0425. The van der Waals surface area contributed by atoms with Crippen LogP contribution in [0.2, 0.25) is 0 Å². The first-order chi connectivity index (χ1) is 5.95. The predicted octanol–water partition coefficient (Wildman–Crippen LogP) is 1.82. The van der Waals surface area contributed by atoms with E-state index in [0.29, 0.717) is 18.1 Å². The van der Waals surface area contributed by atoms with E-state index in [-0.39, 0.29) is 5.41 Å². The minimum absolute atomic E-state index is 0.205. The van der Waals surface area contributed by atoms with Gasteiger partial charge < -0.3 is 15.3 Å². The topological polar surface area (TPSA) is 59.4 Å². The highest BCUT2D eigenvalue weighted by Gasteiger charge is 2.26. The molecule has 1 aromatic heterocycles. The zero-order chi connectivity index (χ0) is 10.1. The van der Waals surface area contributed by atoms with Crippen LogP contribution in [0.25, 0.3) is 0 Å². The molecule has 3 heteroatoms. The van der Waals surface area contributed by atoms with Crippen LogP contribution in [-0.2, 0) is 6.54 Å². The Balaban J connectivity index is 2.83. The van der Waals surface area contributed by atoms with Crippen molar-refractivity contribution in [3.63, 3.8) is 0 Å². The molecule has 0 radical (unpaired) electrons. The van der Waals surface area contributed by atoms with Gasteiger partial charge in [0.2, 0.25) is 0 Å². The normalized spacial score (nSPS) is 14.5. The summed E-state index contributed by atoms with van der Waals surface area (Å²) in [7, 11) is 0. The van der Waals surface area contributed by atoms with E-state index in [9.17, 15) is 5.11 Å². The largest absolute Gasteiger partial charge is 0.462 e. The number of hydrogen-bond acceptors (Lipinski definition) is 3. The van der Waals surface area contributed by atoms with Gasteiger partial charge >= 0.3 is 0 Å². The summed E-state index contributed by atoms with van der Waals surface area (Å²) in [6.07, 6.45) is -0.576. The summed E-state index contributed by atoms with van der Waals surface area (Å²) in [6.45, 7) is 6.25. The monoisotopic (exact) mass is 183 g/mol. The van der Waals surface area contributed by atoms with Gasteiger partial charge in [-0.3, -0.25) is 0 Å². The van der Waals surface area contributed by atoms with Crippen LogP contribution < -0.4 is 5.73 Å². The Morgan fingerprint density at radius 3 is 2.46 bits per heavy atom. The molecule has 1 unspecified atom stereocenters. The van der Waals surface area contributed by atoms with E-state index in [1.807, 2.05) is 20.8 Å². The third-order valence-electron chi connectivity index (χ3n) is 1.97. The number of aliphatic hydroxyl groups excluding tert-OH is 1. The predicted molar refractivity (Wildman–Crippen MR) is 51.0 cm³/mol. The van der Waals surface area contributed by atoms with E-state index >= 15 is 0 Å². The lowest BCUT2D eigenvalue weighted by atomic mass is 9.88. The molecule has 1 rings (SSSR count). The van der Waals surface area contributed by atoms with Crippen molar-refractivity contribution in [1.29, 1.82) is 0 Å². The number of hydrogen-bond donors (Lipinski definition) is 2. The lowest BCUT2D eigenvalue weighted by Crippen LogP contribution is -2.17. The number of nitrogens with two attached hydrogens (primary N) is 1. The molecule has 0 aliphatic rings. The maximum Gasteiger partial charge on any atom is 0.133 e. The van der Waals surface area contributed by atoms with E-state index in [1.165, 1.54) is 0 Å². The average molecular weight is 183 g/mol. The summed E-state index contributed by atoms with van der Waals surface area (Å²) in [4.78, 5) is 0. The van der Waals surface area contributed by atoms with Gasteiger partial charge in [-0.25, -0.2) is 0 Å².